The molecule has 0 aromatic rings. The number of unbranched alkanes of at least 4 members (excludes halogenated alkanes) is 32. The van der Waals surface area contributed by atoms with E-state index < -0.39 is 11.9 Å². The van der Waals surface area contributed by atoms with Crippen LogP contribution < -0.4 is 0 Å². The third kappa shape index (κ3) is 35.2. The highest BCUT2D eigenvalue weighted by molar-refractivity contribution is 5.95. The minimum absolute atomic E-state index is 0.273. The SMILES string of the molecule is C=C(C)C(=O)OC(=O)CCCCCCCCCCCCCCCCCCCCCCCCCCCCCCCCCCC. The van der Waals surface area contributed by atoms with E-state index in [2.05, 4.69) is 13.5 Å². The van der Waals surface area contributed by atoms with Crippen molar-refractivity contribution in [2.24, 2.45) is 0 Å². The molecular formula is C40H76O3. The van der Waals surface area contributed by atoms with Crippen molar-refractivity contribution >= 4 is 11.9 Å². The van der Waals surface area contributed by atoms with Crippen LogP contribution in [0.25, 0.3) is 0 Å². The molecule has 0 aromatic carbocycles. The second kappa shape index (κ2) is 35.4. The predicted octanol–water partition coefficient (Wildman–Crippen LogP) is 13.9. The molecule has 0 amide bonds. The molecule has 0 saturated heterocycles. The van der Waals surface area contributed by atoms with E-state index in [1.807, 2.05) is 0 Å². The van der Waals surface area contributed by atoms with Gasteiger partial charge < -0.3 is 4.74 Å². The van der Waals surface area contributed by atoms with Gasteiger partial charge in [-0.2, -0.15) is 0 Å². The summed E-state index contributed by atoms with van der Waals surface area (Å²) in [6.07, 6.45) is 46.4. The average Bonchev–Trinajstić information content (AvgIpc) is 2.99. The van der Waals surface area contributed by atoms with Crippen LogP contribution in [0.2, 0.25) is 0 Å². The van der Waals surface area contributed by atoms with Gasteiger partial charge in [0, 0.05) is 12.0 Å². The third-order valence-electron chi connectivity index (χ3n) is 9.04. The zero-order valence-corrected chi connectivity index (χ0v) is 29.5. The minimum Gasteiger partial charge on any atom is -0.390 e. The van der Waals surface area contributed by atoms with Crippen molar-refractivity contribution < 1.29 is 14.3 Å². The van der Waals surface area contributed by atoms with Crippen LogP contribution in [-0.2, 0) is 14.3 Å². The summed E-state index contributed by atoms with van der Waals surface area (Å²) < 4.78 is 4.70. The highest BCUT2D eigenvalue weighted by atomic mass is 16.6. The fraction of sp³-hybridized carbons (Fsp3) is 0.900. The van der Waals surface area contributed by atoms with E-state index in [0.717, 1.165) is 12.8 Å². The van der Waals surface area contributed by atoms with Crippen LogP contribution >= 0.6 is 0 Å². The zero-order chi connectivity index (χ0) is 31.5. The molecule has 0 bridgehead atoms. The molecule has 43 heavy (non-hydrogen) atoms. The first kappa shape index (κ1) is 41.9. The van der Waals surface area contributed by atoms with Gasteiger partial charge in [0.1, 0.15) is 0 Å². The number of carbonyl (C=O) groups excluding carboxylic acids is 2. The van der Waals surface area contributed by atoms with Gasteiger partial charge in [0.15, 0.2) is 0 Å². The second-order valence-electron chi connectivity index (χ2n) is 13.6. The maximum absolute atomic E-state index is 11.5. The summed E-state index contributed by atoms with van der Waals surface area (Å²) in [5, 5.41) is 0. The Bertz CT molecular complexity index is 611. The first-order valence-electron chi connectivity index (χ1n) is 19.5. The van der Waals surface area contributed by atoms with E-state index in [1.165, 1.54) is 199 Å². The maximum Gasteiger partial charge on any atom is 0.340 e. The van der Waals surface area contributed by atoms with Crippen LogP contribution in [0.1, 0.15) is 232 Å². The normalized spacial score (nSPS) is 11.2. The molecule has 0 radical (unpaired) electrons. The van der Waals surface area contributed by atoms with E-state index in [4.69, 9.17) is 4.74 Å². The van der Waals surface area contributed by atoms with Crippen molar-refractivity contribution in [1.82, 2.24) is 0 Å². The molecule has 0 unspecified atom stereocenters. The largest absolute Gasteiger partial charge is 0.390 e. The monoisotopic (exact) mass is 605 g/mol. The van der Waals surface area contributed by atoms with Gasteiger partial charge in [-0.3, -0.25) is 4.79 Å². The molecule has 0 heterocycles. The van der Waals surface area contributed by atoms with E-state index in [-0.39, 0.29) is 5.57 Å². The number of esters is 2. The van der Waals surface area contributed by atoms with Crippen LogP contribution in [0.4, 0.5) is 0 Å². The minimum atomic E-state index is -0.601. The van der Waals surface area contributed by atoms with Gasteiger partial charge in [-0.1, -0.05) is 219 Å². The van der Waals surface area contributed by atoms with Gasteiger partial charge in [-0.05, 0) is 13.3 Å². The van der Waals surface area contributed by atoms with Crippen molar-refractivity contribution in [1.29, 1.82) is 0 Å². The van der Waals surface area contributed by atoms with Gasteiger partial charge in [-0.25, -0.2) is 4.79 Å². The molecule has 3 heteroatoms. The molecule has 3 nitrogen and oxygen atoms in total. The standard InChI is InChI=1S/C40H76O3/c1-4-5-6-7-8-9-10-11-12-13-14-15-16-17-18-19-20-21-22-23-24-25-26-27-28-29-30-31-32-33-34-35-36-37-39(41)43-40(42)38(2)3/h2,4-37H2,1,3H3. The number of hydrogen-bond acceptors (Lipinski definition) is 3. The molecule has 0 N–H and O–H groups in total. The molecule has 254 valence electrons. The zero-order valence-electron chi connectivity index (χ0n) is 29.5. The number of ether oxygens (including phenoxy) is 1. The molecule has 0 fully saturated rings. The predicted molar refractivity (Wildman–Crippen MR) is 189 cm³/mol. The van der Waals surface area contributed by atoms with Gasteiger partial charge in [-0.15, -0.1) is 0 Å². The Hall–Kier alpha value is -1.12. The summed E-state index contributed by atoms with van der Waals surface area (Å²) in [7, 11) is 0. The third-order valence-corrected chi connectivity index (χ3v) is 9.04. The molecule has 0 aromatic heterocycles. The Balaban J connectivity index is 3.11. The van der Waals surface area contributed by atoms with E-state index in [1.54, 1.807) is 6.92 Å². The van der Waals surface area contributed by atoms with Gasteiger partial charge in [0.05, 0.1) is 0 Å². The number of carbonyl (C=O) groups is 2. The van der Waals surface area contributed by atoms with Crippen LogP contribution in [0, 0.1) is 0 Å². The van der Waals surface area contributed by atoms with Crippen LogP contribution in [-0.4, -0.2) is 11.9 Å². The Labute approximate surface area is 270 Å². The van der Waals surface area contributed by atoms with Crippen molar-refractivity contribution in [3.8, 4) is 0 Å². The first-order valence-corrected chi connectivity index (χ1v) is 19.5. The van der Waals surface area contributed by atoms with Crippen LogP contribution in [0.5, 0.6) is 0 Å². The Morgan fingerprint density at radius 3 is 0.814 bits per heavy atom. The number of hydrogen-bond donors (Lipinski definition) is 0. The highest BCUT2D eigenvalue weighted by Gasteiger charge is 2.10. The second-order valence-corrected chi connectivity index (χ2v) is 13.6. The van der Waals surface area contributed by atoms with Crippen molar-refractivity contribution in [2.75, 3.05) is 0 Å². The van der Waals surface area contributed by atoms with E-state index in [9.17, 15) is 9.59 Å². The lowest BCUT2D eigenvalue weighted by atomic mass is 10.0. The highest BCUT2D eigenvalue weighted by Crippen LogP contribution is 2.17. The smallest absolute Gasteiger partial charge is 0.340 e. The molecule has 0 atom stereocenters. The van der Waals surface area contributed by atoms with Crippen molar-refractivity contribution in [3.63, 3.8) is 0 Å². The lowest BCUT2D eigenvalue weighted by Gasteiger charge is -2.05. The lowest BCUT2D eigenvalue weighted by molar-refractivity contribution is -0.156. The molecule has 0 saturated carbocycles. The molecule has 0 rings (SSSR count). The maximum atomic E-state index is 11.5. The molecule has 0 aliphatic carbocycles. The van der Waals surface area contributed by atoms with Crippen molar-refractivity contribution in [2.45, 2.75) is 232 Å². The fourth-order valence-electron chi connectivity index (χ4n) is 6.06. The van der Waals surface area contributed by atoms with Crippen molar-refractivity contribution in [3.05, 3.63) is 12.2 Å². The number of rotatable bonds is 35. The molecule has 0 aliphatic heterocycles. The summed E-state index contributed by atoms with van der Waals surface area (Å²) in [4.78, 5) is 22.8. The Morgan fingerprint density at radius 1 is 0.395 bits per heavy atom. The summed E-state index contributed by atoms with van der Waals surface area (Å²) in [5.74, 6) is -1.02. The van der Waals surface area contributed by atoms with Crippen LogP contribution in [0.3, 0.4) is 0 Å². The average molecular weight is 605 g/mol. The lowest BCUT2D eigenvalue weighted by Crippen LogP contribution is -2.12. The quantitative estimate of drug-likeness (QED) is 0.0313. The fourth-order valence-corrected chi connectivity index (χ4v) is 6.06. The van der Waals surface area contributed by atoms with Gasteiger partial charge in [0.25, 0.3) is 0 Å². The Morgan fingerprint density at radius 2 is 0.605 bits per heavy atom. The topological polar surface area (TPSA) is 43.4 Å². The van der Waals surface area contributed by atoms with E-state index in [0.29, 0.717) is 6.42 Å². The molecule has 0 aliphatic rings. The molecular weight excluding hydrogens is 528 g/mol. The van der Waals surface area contributed by atoms with Crippen LogP contribution in [0.15, 0.2) is 12.2 Å². The van der Waals surface area contributed by atoms with Gasteiger partial charge in [0.2, 0.25) is 0 Å². The molecule has 0 spiro atoms. The summed E-state index contributed by atoms with van der Waals surface area (Å²) in [5.41, 5.74) is 0.273. The van der Waals surface area contributed by atoms with Gasteiger partial charge >= 0.3 is 11.9 Å². The summed E-state index contributed by atoms with van der Waals surface area (Å²) in [6, 6.07) is 0. The Kier molecular flexibility index (Phi) is 34.4. The summed E-state index contributed by atoms with van der Waals surface area (Å²) >= 11 is 0. The first-order chi connectivity index (χ1) is 21.1. The summed E-state index contributed by atoms with van der Waals surface area (Å²) in [6.45, 7) is 7.34. The van der Waals surface area contributed by atoms with E-state index >= 15 is 0 Å².